The van der Waals surface area contributed by atoms with E-state index >= 15 is 0 Å². The summed E-state index contributed by atoms with van der Waals surface area (Å²) in [5, 5.41) is 0. The third-order valence-corrected chi connectivity index (χ3v) is 12.7. The van der Waals surface area contributed by atoms with Crippen molar-refractivity contribution in [3.8, 4) is 11.5 Å². The van der Waals surface area contributed by atoms with Crippen molar-refractivity contribution < 1.29 is 38.0 Å². The Morgan fingerprint density at radius 2 is 0.887 bits per heavy atom. The van der Waals surface area contributed by atoms with Gasteiger partial charge < -0.3 is 28.4 Å². The van der Waals surface area contributed by atoms with Crippen LogP contribution in [-0.4, -0.2) is 50.6 Å². The first-order chi connectivity index (χ1) is 30.4. The highest BCUT2D eigenvalue weighted by Crippen LogP contribution is 2.34. The van der Waals surface area contributed by atoms with E-state index in [0.717, 1.165) is 47.3 Å². The average Bonchev–Trinajstić information content (AvgIpc) is 3.29. The molecule has 8 heteroatoms. The van der Waals surface area contributed by atoms with E-state index in [1.807, 2.05) is 62.4 Å². The molecule has 0 radical (unpaired) electrons. The number of rotatable bonds is 31. The van der Waals surface area contributed by atoms with Crippen molar-refractivity contribution in [2.45, 2.75) is 182 Å². The molecule has 2 aliphatic carbocycles. The maximum absolute atomic E-state index is 13.6. The molecule has 0 bridgehead atoms. The summed E-state index contributed by atoms with van der Waals surface area (Å²) in [5.41, 5.74) is 1.65. The number of hydrogen-bond acceptors (Lipinski definition) is 8. The maximum atomic E-state index is 13.6. The molecule has 8 nitrogen and oxygen atoms in total. The monoisotopic (exact) mass is 859 g/mol. The highest BCUT2D eigenvalue weighted by atomic mass is 16.6. The van der Waals surface area contributed by atoms with Crippen LogP contribution in [0.3, 0.4) is 0 Å². The van der Waals surface area contributed by atoms with E-state index in [9.17, 15) is 9.59 Å². The van der Waals surface area contributed by atoms with Crippen LogP contribution in [-0.2, 0) is 41.8 Å². The lowest BCUT2D eigenvalue weighted by molar-refractivity contribution is -0.186. The second-order valence-corrected chi connectivity index (χ2v) is 17.8. The molecule has 2 aliphatic rings. The van der Waals surface area contributed by atoms with Crippen molar-refractivity contribution in [2.75, 3.05) is 26.4 Å². The number of esters is 2. The smallest absolute Gasteiger partial charge is 0.338 e. The fraction of sp³-hybridized carbons (Fsp3) is 0.667. The zero-order valence-corrected chi connectivity index (χ0v) is 39.0. The van der Waals surface area contributed by atoms with Gasteiger partial charge in [-0.3, -0.25) is 0 Å². The Labute approximate surface area is 375 Å². The quantitative estimate of drug-likeness (QED) is 0.0421. The summed E-state index contributed by atoms with van der Waals surface area (Å²) < 4.78 is 35.7. The Balaban J connectivity index is 1.28. The summed E-state index contributed by atoms with van der Waals surface area (Å²) in [6, 6.07) is 15.3. The van der Waals surface area contributed by atoms with Gasteiger partial charge in [-0.15, -0.1) is 0 Å². The summed E-state index contributed by atoms with van der Waals surface area (Å²) in [6.45, 7) is 10.2. The van der Waals surface area contributed by atoms with E-state index in [0.29, 0.717) is 37.9 Å². The number of allylic oxidation sites excluding steroid dienone is 2. The Hall–Kier alpha value is -3.62. The van der Waals surface area contributed by atoms with Crippen molar-refractivity contribution in [3.05, 3.63) is 84.0 Å². The maximum Gasteiger partial charge on any atom is 0.338 e. The predicted molar refractivity (Wildman–Crippen MR) is 250 cm³/mol. The molecule has 0 heterocycles. The van der Waals surface area contributed by atoms with Crippen LogP contribution in [0, 0.1) is 23.7 Å². The molecular formula is C54H82O8. The van der Waals surface area contributed by atoms with Gasteiger partial charge in [-0.05, 0) is 123 Å². The summed E-state index contributed by atoms with van der Waals surface area (Å²) >= 11 is 0. The molecule has 0 aromatic heterocycles. The van der Waals surface area contributed by atoms with E-state index in [1.165, 1.54) is 103 Å². The van der Waals surface area contributed by atoms with Gasteiger partial charge in [0.2, 0.25) is 0 Å². The molecule has 2 atom stereocenters. The van der Waals surface area contributed by atoms with E-state index < -0.39 is 24.1 Å². The lowest BCUT2D eigenvalue weighted by Crippen LogP contribution is -2.45. The normalized spacial score (nSPS) is 20.3. The fourth-order valence-corrected chi connectivity index (χ4v) is 8.58. The third kappa shape index (κ3) is 20.3. The summed E-state index contributed by atoms with van der Waals surface area (Å²) in [7, 11) is 0. The molecule has 4 rings (SSSR count). The van der Waals surface area contributed by atoms with Gasteiger partial charge in [0.05, 0.1) is 26.4 Å². The second kappa shape index (κ2) is 31.3. The molecular weight excluding hydrogens is 777 g/mol. The minimum absolute atomic E-state index is 0.0672. The van der Waals surface area contributed by atoms with Crippen LogP contribution in [0.1, 0.15) is 167 Å². The molecule has 2 fully saturated rings. The van der Waals surface area contributed by atoms with Crippen LogP contribution in [0.5, 0.6) is 11.5 Å². The first-order valence-corrected chi connectivity index (χ1v) is 24.7. The zero-order valence-electron chi connectivity index (χ0n) is 39.0. The van der Waals surface area contributed by atoms with Crippen LogP contribution in [0.4, 0.5) is 0 Å². The van der Waals surface area contributed by atoms with Crippen molar-refractivity contribution in [3.63, 3.8) is 0 Å². The summed E-state index contributed by atoms with van der Waals surface area (Å²) in [6.07, 6.45) is 30.8. The zero-order chi connectivity index (χ0) is 44.0. The molecule has 0 saturated heterocycles. The van der Waals surface area contributed by atoms with Gasteiger partial charge in [-0.25, -0.2) is 9.59 Å². The van der Waals surface area contributed by atoms with Gasteiger partial charge in [0.25, 0.3) is 0 Å². The molecule has 0 aliphatic heterocycles. The largest absolute Gasteiger partial charge is 0.490 e. The van der Waals surface area contributed by atoms with Crippen LogP contribution in [0.15, 0.2) is 72.8 Å². The molecule has 346 valence electrons. The number of carbonyl (C=O) groups is 2. The highest BCUT2D eigenvalue weighted by molar-refractivity contribution is 5.85. The highest BCUT2D eigenvalue weighted by Gasteiger charge is 2.38. The predicted octanol–water partition coefficient (Wildman–Crippen LogP) is 13.5. The van der Waals surface area contributed by atoms with Gasteiger partial charge in [-0.2, -0.15) is 0 Å². The van der Waals surface area contributed by atoms with E-state index in [1.54, 1.807) is 0 Å². The molecule has 0 amide bonds. The van der Waals surface area contributed by atoms with Crippen LogP contribution in [0.2, 0.25) is 0 Å². The lowest BCUT2D eigenvalue weighted by Gasteiger charge is -2.26. The summed E-state index contributed by atoms with van der Waals surface area (Å²) in [5.74, 6) is 3.33. The number of unbranched alkanes of at least 4 members (excludes halogenated alkanes) is 6. The first kappa shape index (κ1) is 51.0. The average molecular weight is 859 g/mol. The fourth-order valence-electron chi connectivity index (χ4n) is 8.58. The van der Waals surface area contributed by atoms with E-state index in [4.69, 9.17) is 28.4 Å². The van der Waals surface area contributed by atoms with Gasteiger partial charge in [0, 0.05) is 0 Å². The van der Waals surface area contributed by atoms with E-state index in [2.05, 4.69) is 38.2 Å². The van der Waals surface area contributed by atoms with Crippen molar-refractivity contribution >= 4 is 11.9 Å². The molecule has 62 heavy (non-hydrogen) atoms. The van der Waals surface area contributed by atoms with Crippen molar-refractivity contribution in [1.29, 1.82) is 0 Å². The number of hydrogen-bond donors (Lipinski definition) is 0. The number of ether oxygens (including phenoxy) is 6. The van der Waals surface area contributed by atoms with Gasteiger partial charge in [0.1, 0.15) is 24.7 Å². The van der Waals surface area contributed by atoms with Crippen molar-refractivity contribution in [2.24, 2.45) is 23.7 Å². The topological polar surface area (TPSA) is 89.5 Å². The minimum atomic E-state index is -1.32. The molecule has 0 unspecified atom stereocenters. The molecule has 2 saturated carbocycles. The van der Waals surface area contributed by atoms with E-state index in [-0.39, 0.29) is 26.4 Å². The summed E-state index contributed by atoms with van der Waals surface area (Å²) in [4.78, 5) is 27.1. The molecule has 0 N–H and O–H groups in total. The number of benzene rings is 2. The minimum Gasteiger partial charge on any atom is -0.490 e. The van der Waals surface area contributed by atoms with Gasteiger partial charge >= 0.3 is 11.9 Å². The third-order valence-electron chi connectivity index (χ3n) is 12.7. The Morgan fingerprint density at radius 3 is 1.24 bits per heavy atom. The Morgan fingerprint density at radius 1 is 0.516 bits per heavy atom. The Bertz CT molecular complexity index is 1400. The molecule has 0 spiro atoms. The van der Waals surface area contributed by atoms with Crippen molar-refractivity contribution in [1.82, 2.24) is 0 Å². The van der Waals surface area contributed by atoms with Gasteiger partial charge in [0.15, 0.2) is 12.2 Å². The molecule has 2 aromatic carbocycles. The lowest BCUT2D eigenvalue weighted by atomic mass is 9.79. The standard InChI is InChI=1S/C54H82O8/c1-5-9-13-17-43-21-25-45(26-22-43)19-15-39-57-49-33-29-47(30-34-49)41-61-51(53(55)59-37-11-7-3)52(54(56)60-38-12-8-4)62-42-48-31-35-50(36-32-48)58-40-16-20-46-27-23-44(24-28-46)18-14-10-6-2/h15-16,19-20,29-36,43-46,51-52H,5-14,17-18,21-28,37-42H2,1-4H3/b19-15+,20-16+/t43?,44?,45?,46?,51-,52-/m1/s1. The van der Waals surface area contributed by atoms with Gasteiger partial charge in [-0.1, -0.05) is 140 Å². The van der Waals surface area contributed by atoms with Crippen LogP contribution < -0.4 is 9.47 Å². The SMILES string of the molecule is CCCCCC1CCC(/C=C/COc2ccc(CO[C@@H](C(=O)OCCCC)[C@@H](OCc3ccc(OC/C=C/C4CCC(CCCCC)CC4)cc3)C(=O)OCCCC)cc2)CC1. The second-order valence-electron chi connectivity index (χ2n) is 17.8. The first-order valence-electron chi connectivity index (χ1n) is 24.7. The Kier molecular flexibility index (Phi) is 25.7. The van der Waals surface area contributed by atoms with Crippen LogP contribution >= 0.6 is 0 Å². The van der Waals surface area contributed by atoms with Crippen LogP contribution in [0.25, 0.3) is 0 Å². The molecule has 2 aromatic rings. The number of carbonyl (C=O) groups excluding carboxylic acids is 2.